The molecule has 0 aliphatic carbocycles. The van der Waals surface area contributed by atoms with Gasteiger partial charge in [0.15, 0.2) is 12.1 Å². The molecular formula is C20H16N4O2. The molecule has 1 N–H and O–H groups in total. The summed E-state index contributed by atoms with van der Waals surface area (Å²) in [6.07, 6.45) is 4.31. The SMILES string of the molecule is O=CCOc1cccc(-c2nccc(Nc3ccc4c(c3)C=NC4)n2)c1. The maximum Gasteiger partial charge on any atom is 0.161 e. The highest BCUT2D eigenvalue weighted by molar-refractivity contribution is 5.86. The van der Waals surface area contributed by atoms with Crippen LogP contribution in [-0.2, 0) is 11.3 Å². The maximum atomic E-state index is 10.5. The van der Waals surface area contributed by atoms with E-state index in [9.17, 15) is 4.79 Å². The van der Waals surface area contributed by atoms with Gasteiger partial charge in [0.05, 0.1) is 6.54 Å². The fourth-order valence-electron chi connectivity index (χ4n) is 2.75. The first kappa shape index (κ1) is 16.0. The molecule has 128 valence electrons. The number of ether oxygens (including phenoxy) is 1. The number of aromatic nitrogens is 2. The van der Waals surface area contributed by atoms with Gasteiger partial charge in [-0.25, -0.2) is 9.97 Å². The molecule has 1 aromatic heterocycles. The lowest BCUT2D eigenvalue weighted by Gasteiger charge is -2.09. The zero-order chi connectivity index (χ0) is 17.8. The first-order valence-corrected chi connectivity index (χ1v) is 8.21. The number of rotatable bonds is 6. The van der Waals surface area contributed by atoms with Gasteiger partial charge < -0.3 is 10.1 Å². The summed E-state index contributed by atoms with van der Waals surface area (Å²) < 4.78 is 5.33. The summed E-state index contributed by atoms with van der Waals surface area (Å²) in [5.41, 5.74) is 4.12. The molecule has 2 heterocycles. The van der Waals surface area contributed by atoms with E-state index in [1.54, 1.807) is 12.3 Å². The summed E-state index contributed by atoms with van der Waals surface area (Å²) in [4.78, 5) is 23.6. The van der Waals surface area contributed by atoms with Gasteiger partial charge in [-0.15, -0.1) is 0 Å². The van der Waals surface area contributed by atoms with Crippen molar-refractivity contribution in [2.45, 2.75) is 6.54 Å². The van der Waals surface area contributed by atoms with E-state index in [-0.39, 0.29) is 6.61 Å². The fourth-order valence-corrected chi connectivity index (χ4v) is 2.75. The van der Waals surface area contributed by atoms with Crippen molar-refractivity contribution in [1.82, 2.24) is 9.97 Å². The number of nitrogens with zero attached hydrogens (tertiary/aromatic N) is 3. The molecule has 6 heteroatoms. The predicted octanol–water partition coefficient (Wildman–Crippen LogP) is 3.40. The number of aldehydes is 1. The fraction of sp³-hybridized carbons (Fsp3) is 0.100. The quantitative estimate of drug-likeness (QED) is 0.694. The van der Waals surface area contributed by atoms with Crippen molar-refractivity contribution in [2.75, 3.05) is 11.9 Å². The van der Waals surface area contributed by atoms with Crippen LogP contribution < -0.4 is 10.1 Å². The number of hydrogen-bond acceptors (Lipinski definition) is 6. The third-order valence-corrected chi connectivity index (χ3v) is 3.98. The molecule has 0 amide bonds. The third kappa shape index (κ3) is 3.44. The third-order valence-electron chi connectivity index (χ3n) is 3.98. The molecule has 0 fully saturated rings. The van der Waals surface area contributed by atoms with Crippen molar-refractivity contribution >= 4 is 24.0 Å². The zero-order valence-electron chi connectivity index (χ0n) is 13.9. The van der Waals surface area contributed by atoms with Crippen molar-refractivity contribution in [1.29, 1.82) is 0 Å². The molecule has 2 aromatic carbocycles. The van der Waals surface area contributed by atoms with Crippen LogP contribution in [0.4, 0.5) is 11.5 Å². The van der Waals surface area contributed by atoms with E-state index in [1.807, 2.05) is 36.5 Å². The van der Waals surface area contributed by atoms with Crippen molar-refractivity contribution in [2.24, 2.45) is 4.99 Å². The maximum absolute atomic E-state index is 10.5. The molecule has 1 aliphatic rings. The van der Waals surface area contributed by atoms with E-state index in [1.165, 1.54) is 5.56 Å². The number of anilines is 2. The summed E-state index contributed by atoms with van der Waals surface area (Å²) in [7, 11) is 0. The summed E-state index contributed by atoms with van der Waals surface area (Å²) >= 11 is 0. The lowest BCUT2D eigenvalue weighted by molar-refractivity contribution is -0.109. The topological polar surface area (TPSA) is 76.5 Å². The van der Waals surface area contributed by atoms with Gasteiger partial charge in [-0.3, -0.25) is 9.79 Å². The van der Waals surface area contributed by atoms with Crippen LogP contribution in [0.1, 0.15) is 11.1 Å². The van der Waals surface area contributed by atoms with E-state index in [0.29, 0.717) is 17.4 Å². The Labute approximate surface area is 150 Å². The van der Waals surface area contributed by atoms with Crippen molar-refractivity contribution in [3.05, 3.63) is 65.9 Å². The molecule has 0 saturated carbocycles. The number of carbonyl (C=O) groups excluding carboxylic acids is 1. The van der Waals surface area contributed by atoms with Crippen molar-refractivity contribution in [3.63, 3.8) is 0 Å². The minimum atomic E-state index is 0.0214. The van der Waals surface area contributed by atoms with E-state index in [0.717, 1.165) is 29.6 Å². The molecule has 4 rings (SSSR count). The molecular weight excluding hydrogens is 328 g/mol. The van der Waals surface area contributed by atoms with E-state index < -0.39 is 0 Å². The normalized spacial score (nSPS) is 11.8. The Bertz CT molecular complexity index is 985. The Balaban J connectivity index is 1.57. The molecule has 6 nitrogen and oxygen atoms in total. The smallest absolute Gasteiger partial charge is 0.161 e. The minimum absolute atomic E-state index is 0.0214. The van der Waals surface area contributed by atoms with Crippen molar-refractivity contribution in [3.8, 4) is 17.1 Å². The first-order valence-electron chi connectivity index (χ1n) is 8.21. The molecule has 26 heavy (non-hydrogen) atoms. The Morgan fingerprint density at radius 3 is 3.04 bits per heavy atom. The van der Waals surface area contributed by atoms with Gasteiger partial charge in [0.25, 0.3) is 0 Å². The standard InChI is InChI=1S/C20H16N4O2/c25-8-9-26-18-3-1-2-14(11-18)20-22-7-6-19(24-20)23-17-5-4-15-12-21-13-16(15)10-17/h1-8,10-11,13H,9,12H2,(H,22,23,24). The summed E-state index contributed by atoms with van der Waals surface area (Å²) in [6, 6.07) is 15.3. The molecule has 0 radical (unpaired) electrons. The van der Waals surface area contributed by atoms with Crippen LogP contribution in [0.2, 0.25) is 0 Å². The van der Waals surface area contributed by atoms with Gasteiger partial charge in [0, 0.05) is 23.7 Å². The van der Waals surface area contributed by atoms with Crippen LogP contribution in [0, 0.1) is 0 Å². The molecule has 0 spiro atoms. The van der Waals surface area contributed by atoms with Gasteiger partial charge >= 0.3 is 0 Å². The number of hydrogen-bond donors (Lipinski definition) is 1. The molecule has 1 aliphatic heterocycles. The van der Waals surface area contributed by atoms with Gasteiger partial charge in [0.1, 0.15) is 18.2 Å². The second kappa shape index (κ2) is 7.14. The Morgan fingerprint density at radius 2 is 2.12 bits per heavy atom. The number of carbonyl (C=O) groups is 1. The molecule has 0 bridgehead atoms. The monoisotopic (exact) mass is 344 g/mol. The zero-order valence-corrected chi connectivity index (χ0v) is 13.9. The highest BCUT2D eigenvalue weighted by Crippen LogP contribution is 2.24. The summed E-state index contributed by atoms with van der Waals surface area (Å²) in [6.45, 7) is 0.767. The average Bonchev–Trinajstić information content (AvgIpc) is 3.15. The summed E-state index contributed by atoms with van der Waals surface area (Å²) in [5.74, 6) is 1.88. The number of fused-ring (bicyclic) bond motifs is 1. The molecule has 0 unspecified atom stereocenters. The minimum Gasteiger partial charge on any atom is -0.486 e. The van der Waals surface area contributed by atoms with E-state index in [2.05, 4.69) is 32.4 Å². The second-order valence-electron chi connectivity index (χ2n) is 5.78. The van der Waals surface area contributed by atoms with E-state index >= 15 is 0 Å². The van der Waals surface area contributed by atoms with Crippen LogP contribution in [0.5, 0.6) is 5.75 Å². The number of aliphatic imine (C=N–C) groups is 1. The second-order valence-corrected chi connectivity index (χ2v) is 5.78. The van der Waals surface area contributed by atoms with Gasteiger partial charge in [-0.2, -0.15) is 0 Å². The highest BCUT2D eigenvalue weighted by atomic mass is 16.5. The van der Waals surface area contributed by atoms with Gasteiger partial charge in [0.2, 0.25) is 0 Å². The largest absolute Gasteiger partial charge is 0.486 e. The van der Waals surface area contributed by atoms with Gasteiger partial charge in [-0.05, 0) is 41.5 Å². The van der Waals surface area contributed by atoms with Crippen LogP contribution in [0.15, 0.2) is 59.7 Å². The van der Waals surface area contributed by atoms with Crippen LogP contribution in [0.3, 0.4) is 0 Å². The van der Waals surface area contributed by atoms with Crippen LogP contribution in [0.25, 0.3) is 11.4 Å². The average molecular weight is 344 g/mol. The van der Waals surface area contributed by atoms with Crippen molar-refractivity contribution < 1.29 is 9.53 Å². The lowest BCUT2D eigenvalue weighted by Crippen LogP contribution is -1.99. The lowest BCUT2D eigenvalue weighted by atomic mass is 10.1. The van der Waals surface area contributed by atoms with Gasteiger partial charge in [-0.1, -0.05) is 18.2 Å². The van der Waals surface area contributed by atoms with Crippen LogP contribution >= 0.6 is 0 Å². The number of nitrogens with one attached hydrogen (secondary N) is 1. The molecule has 3 aromatic rings. The highest BCUT2D eigenvalue weighted by Gasteiger charge is 2.08. The number of benzene rings is 2. The summed E-state index contributed by atoms with van der Waals surface area (Å²) in [5, 5.41) is 3.30. The molecule has 0 saturated heterocycles. The Hall–Kier alpha value is -3.54. The van der Waals surface area contributed by atoms with Crippen LogP contribution in [-0.4, -0.2) is 29.1 Å². The Kier molecular flexibility index (Phi) is 4.38. The Morgan fingerprint density at radius 1 is 1.15 bits per heavy atom. The predicted molar refractivity (Wildman–Crippen MR) is 100 cm³/mol. The first-order chi connectivity index (χ1) is 12.8. The van der Waals surface area contributed by atoms with E-state index in [4.69, 9.17) is 4.74 Å². The molecule has 0 atom stereocenters.